The predicted octanol–water partition coefficient (Wildman–Crippen LogP) is -2.21. The Balaban J connectivity index is 2.06. The second-order valence-corrected chi connectivity index (χ2v) is 4.11. The molecule has 0 radical (unpaired) electrons. The Morgan fingerprint density at radius 2 is 1.88 bits per heavy atom. The summed E-state index contributed by atoms with van der Waals surface area (Å²) < 4.78 is 5.33. The van der Waals surface area contributed by atoms with Gasteiger partial charge in [-0.05, 0) is 0 Å². The summed E-state index contributed by atoms with van der Waals surface area (Å²) in [5, 5.41) is 37.9. The maximum Gasteiger partial charge on any atom is 0.111 e. The van der Waals surface area contributed by atoms with Gasteiger partial charge in [-0.2, -0.15) is 0 Å². The van der Waals surface area contributed by atoms with E-state index < -0.39 is 37.1 Å². The van der Waals surface area contributed by atoms with Gasteiger partial charge in [-0.15, -0.1) is 0 Å². The van der Waals surface area contributed by atoms with Crippen molar-refractivity contribution in [1.82, 2.24) is 9.97 Å². The quantitative estimate of drug-likeness (QED) is 0.411. The topological polar surface area (TPSA) is 119 Å². The summed E-state index contributed by atoms with van der Waals surface area (Å²) in [6.45, 7) is -0.417. The lowest BCUT2D eigenvalue weighted by Crippen LogP contribution is -2.59. The molecule has 96 valence electrons. The van der Waals surface area contributed by atoms with Crippen molar-refractivity contribution in [2.24, 2.45) is 0 Å². The minimum atomic E-state index is -1.33. The van der Waals surface area contributed by atoms with Gasteiger partial charge in [-0.1, -0.05) is 0 Å². The van der Waals surface area contributed by atoms with Crippen molar-refractivity contribution in [1.29, 1.82) is 0 Å². The van der Waals surface area contributed by atoms with Crippen LogP contribution in [0.4, 0.5) is 0 Å². The van der Waals surface area contributed by atoms with Gasteiger partial charge < -0.3 is 30.1 Å². The van der Waals surface area contributed by atoms with Gasteiger partial charge in [0.25, 0.3) is 0 Å². The molecule has 7 nitrogen and oxygen atoms in total. The minimum absolute atomic E-state index is 0.272. The lowest BCUT2D eigenvalue weighted by Gasteiger charge is -2.39. The molecule has 0 unspecified atom stereocenters. The molecule has 5 N–H and O–H groups in total. The summed E-state index contributed by atoms with van der Waals surface area (Å²) in [6.07, 6.45) is -1.96. The number of H-pyrrole nitrogens is 1. The highest BCUT2D eigenvalue weighted by atomic mass is 16.5. The number of aliphatic hydroxyl groups is 4. The molecule has 1 saturated heterocycles. The fraction of sp³-hybridized carbons (Fsp3) is 0.700. The number of aliphatic hydroxyl groups excluding tert-OH is 4. The van der Waals surface area contributed by atoms with Crippen LogP contribution < -0.4 is 0 Å². The Morgan fingerprint density at radius 3 is 2.47 bits per heavy atom. The average Bonchev–Trinajstić information content (AvgIpc) is 2.83. The van der Waals surface area contributed by atoms with E-state index in [1.54, 1.807) is 12.4 Å². The van der Waals surface area contributed by atoms with E-state index >= 15 is 0 Å². The molecule has 0 saturated carbocycles. The van der Waals surface area contributed by atoms with E-state index in [4.69, 9.17) is 9.84 Å². The zero-order valence-corrected chi connectivity index (χ0v) is 9.10. The van der Waals surface area contributed by atoms with Crippen LogP contribution in [0, 0.1) is 0 Å². The molecular formula is C10H16N2O5. The Bertz CT molecular complexity index is 342. The second kappa shape index (κ2) is 5.11. The number of hydrogen-bond donors (Lipinski definition) is 5. The van der Waals surface area contributed by atoms with Crippen LogP contribution in [0.25, 0.3) is 0 Å². The molecule has 1 aromatic heterocycles. The molecule has 5 atom stereocenters. The number of imidazole rings is 1. The van der Waals surface area contributed by atoms with E-state index in [9.17, 15) is 15.3 Å². The van der Waals surface area contributed by atoms with Crippen LogP contribution in [-0.2, 0) is 11.2 Å². The minimum Gasteiger partial charge on any atom is -0.394 e. The number of aromatic amines is 1. The van der Waals surface area contributed by atoms with Crippen LogP contribution in [0.3, 0.4) is 0 Å². The maximum absolute atomic E-state index is 9.76. The highest BCUT2D eigenvalue weighted by Crippen LogP contribution is 2.22. The number of rotatable bonds is 3. The number of nitrogens with one attached hydrogen (secondary N) is 1. The standard InChI is InChI=1S/C10H16N2O5/c13-4-6-9(15)10(16)8(14)5(17-6)3-7-11-1-2-12-7/h1-2,5-6,8-10,13-16H,3-4H2,(H,11,12)/t5-,6+,8-,9+,10+/m0/s1. The van der Waals surface area contributed by atoms with Crippen LogP contribution in [0.2, 0.25) is 0 Å². The first-order valence-electron chi connectivity index (χ1n) is 5.42. The summed E-state index contributed by atoms with van der Waals surface area (Å²) in [5.74, 6) is 0.606. The van der Waals surface area contributed by atoms with Crippen molar-refractivity contribution in [3.8, 4) is 0 Å². The van der Waals surface area contributed by atoms with Crippen molar-refractivity contribution in [3.05, 3.63) is 18.2 Å². The number of ether oxygens (including phenoxy) is 1. The van der Waals surface area contributed by atoms with E-state index in [0.717, 1.165) is 0 Å². The van der Waals surface area contributed by atoms with E-state index in [0.29, 0.717) is 5.82 Å². The van der Waals surface area contributed by atoms with Gasteiger partial charge in [0, 0.05) is 18.8 Å². The van der Waals surface area contributed by atoms with Crippen LogP contribution in [0.5, 0.6) is 0 Å². The summed E-state index contributed by atoms with van der Waals surface area (Å²) in [7, 11) is 0. The van der Waals surface area contributed by atoms with Gasteiger partial charge in [-0.25, -0.2) is 4.98 Å². The third-order valence-electron chi connectivity index (χ3n) is 2.94. The first-order chi connectivity index (χ1) is 8.13. The highest BCUT2D eigenvalue weighted by Gasteiger charge is 2.43. The summed E-state index contributed by atoms with van der Waals surface area (Å²) >= 11 is 0. The molecule has 0 spiro atoms. The lowest BCUT2D eigenvalue weighted by molar-refractivity contribution is -0.228. The molecule has 1 aliphatic heterocycles. The first kappa shape index (κ1) is 12.5. The van der Waals surface area contributed by atoms with E-state index in [1.165, 1.54) is 0 Å². The van der Waals surface area contributed by atoms with Crippen molar-refractivity contribution >= 4 is 0 Å². The van der Waals surface area contributed by atoms with Crippen LogP contribution in [0.15, 0.2) is 12.4 Å². The Labute approximate surface area is 97.7 Å². The van der Waals surface area contributed by atoms with Gasteiger partial charge in [0.2, 0.25) is 0 Å². The zero-order valence-electron chi connectivity index (χ0n) is 9.10. The summed E-state index contributed by atoms with van der Waals surface area (Å²) in [6, 6.07) is 0. The molecule has 0 aromatic carbocycles. The fourth-order valence-electron chi connectivity index (χ4n) is 1.95. The fourth-order valence-corrected chi connectivity index (χ4v) is 1.95. The van der Waals surface area contributed by atoms with Crippen LogP contribution >= 0.6 is 0 Å². The second-order valence-electron chi connectivity index (χ2n) is 4.11. The summed E-state index contributed by atoms with van der Waals surface area (Å²) in [4.78, 5) is 6.84. The Kier molecular flexibility index (Phi) is 3.75. The SMILES string of the molecule is OC[C@H]1O[C@@H](Cc2ncc[nH]2)[C@H](O)[C@@H](O)[C@@H]1O. The monoisotopic (exact) mass is 244 g/mol. The van der Waals surface area contributed by atoms with Crippen LogP contribution in [-0.4, -0.2) is 67.5 Å². The Morgan fingerprint density at radius 1 is 1.18 bits per heavy atom. The van der Waals surface area contributed by atoms with Gasteiger partial charge in [0.15, 0.2) is 0 Å². The molecule has 1 aliphatic rings. The van der Waals surface area contributed by atoms with E-state index in [2.05, 4.69) is 9.97 Å². The predicted molar refractivity (Wildman–Crippen MR) is 56.1 cm³/mol. The van der Waals surface area contributed by atoms with Crippen molar-refractivity contribution in [2.45, 2.75) is 36.9 Å². The number of hydrogen-bond acceptors (Lipinski definition) is 6. The van der Waals surface area contributed by atoms with Gasteiger partial charge in [-0.3, -0.25) is 0 Å². The zero-order chi connectivity index (χ0) is 12.4. The molecule has 1 fully saturated rings. The maximum atomic E-state index is 9.76. The molecule has 7 heteroatoms. The largest absolute Gasteiger partial charge is 0.394 e. The highest BCUT2D eigenvalue weighted by molar-refractivity contribution is 4.98. The van der Waals surface area contributed by atoms with Crippen LogP contribution in [0.1, 0.15) is 5.82 Å². The smallest absolute Gasteiger partial charge is 0.111 e. The van der Waals surface area contributed by atoms with Crippen molar-refractivity contribution in [3.63, 3.8) is 0 Å². The van der Waals surface area contributed by atoms with Gasteiger partial charge in [0.05, 0.1) is 12.7 Å². The third kappa shape index (κ3) is 2.48. The lowest BCUT2D eigenvalue weighted by atomic mass is 9.93. The normalized spacial score (nSPS) is 38.2. The molecule has 2 rings (SSSR count). The van der Waals surface area contributed by atoms with Gasteiger partial charge >= 0.3 is 0 Å². The summed E-state index contributed by atoms with van der Waals surface area (Å²) in [5.41, 5.74) is 0. The number of nitrogens with zero attached hydrogens (tertiary/aromatic N) is 1. The van der Waals surface area contributed by atoms with Crippen molar-refractivity contribution in [2.75, 3.05) is 6.61 Å². The molecular weight excluding hydrogens is 228 g/mol. The van der Waals surface area contributed by atoms with Crippen molar-refractivity contribution < 1.29 is 25.2 Å². The molecule has 0 amide bonds. The van der Waals surface area contributed by atoms with E-state index in [1.807, 2.05) is 0 Å². The molecule has 0 aliphatic carbocycles. The Hall–Kier alpha value is -0.990. The molecule has 1 aromatic rings. The van der Waals surface area contributed by atoms with E-state index in [-0.39, 0.29) is 6.42 Å². The molecule has 2 heterocycles. The van der Waals surface area contributed by atoms with Gasteiger partial charge in [0.1, 0.15) is 30.2 Å². The first-order valence-corrected chi connectivity index (χ1v) is 5.42. The molecule has 0 bridgehead atoms. The average molecular weight is 244 g/mol. The number of aromatic nitrogens is 2. The third-order valence-corrected chi connectivity index (χ3v) is 2.94. The molecule has 17 heavy (non-hydrogen) atoms.